The quantitative estimate of drug-likeness (QED) is 0.387. The van der Waals surface area contributed by atoms with E-state index in [1.54, 1.807) is 23.4 Å². The Morgan fingerprint density at radius 2 is 2.22 bits per heavy atom. The van der Waals surface area contributed by atoms with E-state index in [1.807, 2.05) is 23.6 Å². The Labute approximate surface area is 143 Å². The van der Waals surface area contributed by atoms with Crippen LogP contribution in [0.1, 0.15) is 12.5 Å². The number of thioether (sulfide) groups is 1. The summed E-state index contributed by atoms with van der Waals surface area (Å²) in [6, 6.07) is 10.0. The molecule has 0 aliphatic carbocycles. The molecule has 0 aliphatic heterocycles. The molecule has 0 bridgehead atoms. The average Bonchev–Trinajstić information content (AvgIpc) is 3.04. The number of aryl methyl sites for hydroxylation is 1. The summed E-state index contributed by atoms with van der Waals surface area (Å²) in [6.45, 7) is 2.71. The highest BCUT2D eigenvalue weighted by Crippen LogP contribution is 2.20. The highest BCUT2D eigenvalue weighted by atomic mass is 32.2. The van der Waals surface area contributed by atoms with Gasteiger partial charge in [0.15, 0.2) is 5.16 Å². The summed E-state index contributed by atoms with van der Waals surface area (Å²) in [6.07, 6.45) is 0.999. The second-order valence-corrected chi connectivity index (χ2v) is 7.07. The molecular formula is C17H18N2O2S2. The SMILES string of the molecule is CCc1cccc(OCCSc2nc3ccsc3c(=O)n2C)c1. The minimum Gasteiger partial charge on any atom is -0.493 e. The lowest BCUT2D eigenvalue weighted by atomic mass is 10.2. The van der Waals surface area contributed by atoms with E-state index in [0.717, 1.165) is 28.6 Å². The van der Waals surface area contributed by atoms with Crippen molar-refractivity contribution < 1.29 is 4.74 Å². The average molecular weight is 346 g/mol. The number of nitrogens with zero attached hydrogens (tertiary/aromatic N) is 2. The van der Waals surface area contributed by atoms with Crippen LogP contribution in [-0.4, -0.2) is 21.9 Å². The zero-order valence-electron chi connectivity index (χ0n) is 13.1. The van der Waals surface area contributed by atoms with Gasteiger partial charge in [-0.2, -0.15) is 0 Å². The molecule has 23 heavy (non-hydrogen) atoms. The van der Waals surface area contributed by atoms with Gasteiger partial charge in [0.1, 0.15) is 10.4 Å². The molecule has 0 saturated carbocycles. The number of rotatable bonds is 6. The molecule has 6 heteroatoms. The third-order valence-electron chi connectivity index (χ3n) is 3.54. The molecule has 0 fully saturated rings. The monoisotopic (exact) mass is 346 g/mol. The van der Waals surface area contributed by atoms with Crippen molar-refractivity contribution in [1.29, 1.82) is 0 Å². The number of fused-ring (bicyclic) bond motifs is 1. The summed E-state index contributed by atoms with van der Waals surface area (Å²) < 4.78 is 8.10. The molecule has 1 aromatic carbocycles. The summed E-state index contributed by atoms with van der Waals surface area (Å²) in [5.41, 5.74) is 2.06. The van der Waals surface area contributed by atoms with Gasteiger partial charge in [0.05, 0.1) is 12.1 Å². The van der Waals surface area contributed by atoms with Crippen LogP contribution >= 0.6 is 23.1 Å². The van der Waals surface area contributed by atoms with Crippen molar-refractivity contribution in [3.05, 3.63) is 51.6 Å². The number of aromatic nitrogens is 2. The summed E-state index contributed by atoms with van der Waals surface area (Å²) in [5, 5.41) is 2.63. The first-order chi connectivity index (χ1) is 11.2. The summed E-state index contributed by atoms with van der Waals surface area (Å²) in [4.78, 5) is 16.8. The highest BCUT2D eigenvalue weighted by Gasteiger charge is 2.09. The van der Waals surface area contributed by atoms with E-state index in [1.165, 1.54) is 16.9 Å². The first-order valence-electron chi connectivity index (χ1n) is 7.48. The van der Waals surface area contributed by atoms with Gasteiger partial charge in [-0.3, -0.25) is 9.36 Å². The largest absolute Gasteiger partial charge is 0.493 e. The molecular weight excluding hydrogens is 328 g/mol. The van der Waals surface area contributed by atoms with E-state index >= 15 is 0 Å². The molecule has 0 aliphatic rings. The van der Waals surface area contributed by atoms with Crippen LogP contribution in [0.2, 0.25) is 0 Å². The van der Waals surface area contributed by atoms with Crippen LogP contribution < -0.4 is 10.3 Å². The van der Waals surface area contributed by atoms with Crippen LogP contribution in [0.25, 0.3) is 10.2 Å². The molecule has 2 heterocycles. The molecule has 0 saturated heterocycles. The van der Waals surface area contributed by atoms with E-state index in [4.69, 9.17) is 4.74 Å². The first kappa shape index (κ1) is 16.1. The Hall–Kier alpha value is -1.79. The van der Waals surface area contributed by atoms with Gasteiger partial charge >= 0.3 is 0 Å². The minimum absolute atomic E-state index is 0.0177. The minimum atomic E-state index is 0.0177. The highest BCUT2D eigenvalue weighted by molar-refractivity contribution is 7.99. The predicted molar refractivity (Wildman–Crippen MR) is 96.9 cm³/mol. The van der Waals surface area contributed by atoms with E-state index in [0.29, 0.717) is 11.3 Å². The Kier molecular flexibility index (Phi) is 5.03. The van der Waals surface area contributed by atoms with Crippen molar-refractivity contribution >= 4 is 33.3 Å². The van der Waals surface area contributed by atoms with Crippen LogP contribution in [0.4, 0.5) is 0 Å². The molecule has 120 valence electrons. The Morgan fingerprint density at radius 1 is 1.35 bits per heavy atom. The van der Waals surface area contributed by atoms with Crippen LogP contribution in [-0.2, 0) is 13.5 Å². The lowest BCUT2D eigenvalue weighted by Gasteiger charge is -2.09. The number of benzene rings is 1. The van der Waals surface area contributed by atoms with Crippen molar-refractivity contribution in [2.75, 3.05) is 12.4 Å². The van der Waals surface area contributed by atoms with Gasteiger partial charge in [0.25, 0.3) is 5.56 Å². The Balaban J connectivity index is 1.62. The van der Waals surface area contributed by atoms with Crippen molar-refractivity contribution in [1.82, 2.24) is 9.55 Å². The van der Waals surface area contributed by atoms with Crippen LogP contribution in [0, 0.1) is 0 Å². The van der Waals surface area contributed by atoms with Crippen molar-refractivity contribution in [3.63, 3.8) is 0 Å². The molecule has 0 radical (unpaired) electrons. The van der Waals surface area contributed by atoms with Crippen LogP contribution in [0.3, 0.4) is 0 Å². The fourth-order valence-electron chi connectivity index (χ4n) is 2.24. The fraction of sp³-hybridized carbons (Fsp3) is 0.294. The van der Waals surface area contributed by atoms with Crippen molar-refractivity contribution in [3.8, 4) is 5.75 Å². The number of hydrogen-bond donors (Lipinski definition) is 0. The van der Waals surface area contributed by atoms with Gasteiger partial charge in [-0.15, -0.1) is 11.3 Å². The van der Waals surface area contributed by atoms with Gasteiger partial charge in [0.2, 0.25) is 0 Å². The molecule has 4 nitrogen and oxygen atoms in total. The standard InChI is InChI=1S/C17H18N2O2S2/c1-3-12-5-4-6-13(11-12)21-8-10-23-17-18-14-7-9-22-15(14)16(20)19(17)2/h4-7,9,11H,3,8,10H2,1-2H3. The summed E-state index contributed by atoms with van der Waals surface area (Å²) >= 11 is 2.98. The molecule has 0 N–H and O–H groups in total. The topological polar surface area (TPSA) is 44.1 Å². The molecule has 3 rings (SSSR count). The summed E-state index contributed by atoms with van der Waals surface area (Å²) in [7, 11) is 1.77. The second kappa shape index (κ2) is 7.19. The maximum absolute atomic E-state index is 12.2. The molecule has 0 amide bonds. The third-order valence-corrected chi connectivity index (χ3v) is 5.42. The lowest BCUT2D eigenvalue weighted by molar-refractivity contribution is 0.343. The number of ether oxygens (including phenoxy) is 1. The van der Waals surface area contributed by atoms with E-state index in [9.17, 15) is 4.79 Å². The maximum Gasteiger partial charge on any atom is 0.271 e. The van der Waals surface area contributed by atoms with Crippen LogP contribution in [0.15, 0.2) is 45.7 Å². The number of hydrogen-bond acceptors (Lipinski definition) is 5. The van der Waals surface area contributed by atoms with Gasteiger partial charge in [0, 0.05) is 12.8 Å². The normalized spacial score (nSPS) is 11.0. The Morgan fingerprint density at radius 3 is 3.04 bits per heavy atom. The van der Waals surface area contributed by atoms with E-state index in [-0.39, 0.29) is 5.56 Å². The Bertz CT molecular complexity index is 870. The third kappa shape index (κ3) is 3.59. The van der Waals surface area contributed by atoms with Gasteiger partial charge < -0.3 is 4.74 Å². The zero-order chi connectivity index (χ0) is 16.2. The smallest absolute Gasteiger partial charge is 0.271 e. The van der Waals surface area contributed by atoms with E-state index in [2.05, 4.69) is 24.0 Å². The first-order valence-corrected chi connectivity index (χ1v) is 9.34. The molecule has 2 aromatic heterocycles. The van der Waals surface area contributed by atoms with Gasteiger partial charge in [-0.1, -0.05) is 30.8 Å². The zero-order valence-corrected chi connectivity index (χ0v) is 14.7. The van der Waals surface area contributed by atoms with Crippen molar-refractivity contribution in [2.24, 2.45) is 7.05 Å². The summed E-state index contributed by atoms with van der Waals surface area (Å²) in [5.74, 6) is 1.63. The van der Waals surface area contributed by atoms with E-state index < -0.39 is 0 Å². The van der Waals surface area contributed by atoms with Crippen LogP contribution in [0.5, 0.6) is 5.75 Å². The molecule has 3 aromatic rings. The molecule has 0 unspecified atom stereocenters. The lowest BCUT2D eigenvalue weighted by Crippen LogP contribution is -2.19. The maximum atomic E-state index is 12.2. The molecule has 0 spiro atoms. The molecule has 0 atom stereocenters. The number of thiophene rings is 1. The second-order valence-electron chi connectivity index (χ2n) is 5.09. The van der Waals surface area contributed by atoms with Crippen molar-refractivity contribution in [2.45, 2.75) is 18.5 Å². The van der Waals surface area contributed by atoms with Gasteiger partial charge in [-0.05, 0) is 35.6 Å². The fourth-order valence-corrected chi connectivity index (χ4v) is 3.84. The predicted octanol–water partition coefficient (Wildman–Crippen LogP) is 3.73. The van der Waals surface area contributed by atoms with Gasteiger partial charge in [-0.25, -0.2) is 4.98 Å².